The van der Waals surface area contributed by atoms with E-state index in [4.69, 9.17) is 20.4 Å². The molecule has 0 heterocycles. The molecule has 0 radical (unpaired) electrons. The molecule has 7 heteroatoms. The van der Waals surface area contributed by atoms with Crippen LogP contribution in [0.4, 0.5) is 0 Å². The Bertz CT molecular complexity index is 58.0. The minimum absolute atomic E-state index is 0.314. The van der Waals surface area contributed by atoms with E-state index in [-0.39, 0.29) is 0 Å². The highest BCUT2D eigenvalue weighted by molar-refractivity contribution is 8.08. The normalized spacial score (nSPS) is 11.3. The van der Waals surface area contributed by atoms with Crippen LogP contribution >= 0.6 is 24.1 Å². The Morgan fingerprint density at radius 1 is 0.889 bits per heavy atom. The first kappa shape index (κ1) is 9.50. The van der Waals surface area contributed by atoms with E-state index in [1.807, 2.05) is 0 Å². The number of hydrogen-bond donors (Lipinski definition) is 4. The fraction of sp³-hybridized carbons (Fsp3) is 1.00. The fourth-order valence-electron chi connectivity index (χ4n) is 0.0930. The van der Waals surface area contributed by atoms with Crippen LogP contribution in [-0.2, 0) is 3.63 Å². The quantitative estimate of drug-likeness (QED) is 0.315. The van der Waals surface area contributed by atoms with Crippen molar-refractivity contribution >= 4 is 24.1 Å². The van der Waals surface area contributed by atoms with Crippen molar-refractivity contribution in [1.82, 2.24) is 0 Å². The van der Waals surface area contributed by atoms with Crippen LogP contribution in [0.1, 0.15) is 0 Å². The summed E-state index contributed by atoms with van der Waals surface area (Å²) in [4.78, 5) is 0. The molecular formula is C2H6O5S2. The molecule has 5 nitrogen and oxygen atoms in total. The van der Waals surface area contributed by atoms with Gasteiger partial charge in [0.05, 0.1) is 24.1 Å². The third-order valence-corrected chi connectivity index (χ3v) is 1.22. The third-order valence-electron chi connectivity index (χ3n) is 0.251. The van der Waals surface area contributed by atoms with Crippen molar-refractivity contribution in [3.63, 3.8) is 0 Å². The van der Waals surface area contributed by atoms with Gasteiger partial charge in [-0.1, -0.05) is 0 Å². The summed E-state index contributed by atoms with van der Waals surface area (Å²) in [7, 11) is 0. The van der Waals surface area contributed by atoms with Crippen molar-refractivity contribution in [2.45, 2.75) is 11.2 Å². The lowest BCUT2D eigenvalue weighted by atomic mass is 11.5. The zero-order valence-corrected chi connectivity index (χ0v) is 5.80. The van der Waals surface area contributed by atoms with Crippen LogP contribution in [0.5, 0.6) is 0 Å². The minimum atomic E-state index is -1.66. The molecule has 0 aromatic heterocycles. The fourth-order valence-corrected chi connectivity index (χ4v) is 0.837. The Hall–Kier alpha value is 0.500. The van der Waals surface area contributed by atoms with E-state index in [9.17, 15) is 0 Å². The molecule has 0 aliphatic heterocycles. The zero-order chi connectivity index (χ0) is 7.28. The Kier molecular flexibility index (Phi) is 5.59. The van der Waals surface area contributed by atoms with Gasteiger partial charge in [-0.05, 0) is 0 Å². The van der Waals surface area contributed by atoms with Crippen LogP contribution in [0.3, 0.4) is 0 Å². The van der Waals surface area contributed by atoms with Crippen molar-refractivity contribution in [3.8, 4) is 0 Å². The highest BCUT2D eigenvalue weighted by atomic mass is 32.2. The molecule has 0 atom stereocenters. The van der Waals surface area contributed by atoms with E-state index in [0.29, 0.717) is 24.1 Å². The van der Waals surface area contributed by atoms with Gasteiger partial charge in [-0.25, -0.2) is 3.63 Å². The molecule has 0 rings (SSSR count). The lowest BCUT2D eigenvalue weighted by Gasteiger charge is -2.02. The predicted molar refractivity (Wildman–Crippen MR) is 32.7 cm³/mol. The van der Waals surface area contributed by atoms with Crippen LogP contribution in [0, 0.1) is 0 Å². The van der Waals surface area contributed by atoms with Gasteiger partial charge in [0.15, 0.2) is 0 Å². The largest absolute Gasteiger partial charge is 0.358 e. The van der Waals surface area contributed by atoms with Gasteiger partial charge in [0.2, 0.25) is 11.2 Å². The van der Waals surface area contributed by atoms with E-state index in [1.165, 1.54) is 0 Å². The summed E-state index contributed by atoms with van der Waals surface area (Å²) in [5, 5.41) is 32.3. The molecule has 0 aliphatic carbocycles. The molecule has 0 amide bonds. The van der Waals surface area contributed by atoms with Gasteiger partial charge in [-0.15, -0.1) is 0 Å². The maximum atomic E-state index is 8.08. The summed E-state index contributed by atoms with van der Waals surface area (Å²) in [5.74, 6) is 0. The van der Waals surface area contributed by atoms with Crippen molar-refractivity contribution < 1.29 is 24.1 Å². The molecule has 0 aliphatic rings. The Labute approximate surface area is 60.1 Å². The van der Waals surface area contributed by atoms with Gasteiger partial charge in [-0.3, -0.25) is 0 Å². The second-order valence-electron chi connectivity index (χ2n) is 0.913. The summed E-state index contributed by atoms with van der Waals surface area (Å²) in [6.07, 6.45) is 0. The Morgan fingerprint density at radius 2 is 1.22 bits per heavy atom. The lowest BCUT2D eigenvalue weighted by Crippen LogP contribution is -2.00. The van der Waals surface area contributed by atoms with Crippen molar-refractivity contribution in [2.75, 3.05) is 0 Å². The van der Waals surface area contributed by atoms with Gasteiger partial charge in [0.25, 0.3) is 0 Å². The highest BCUT2D eigenvalue weighted by Crippen LogP contribution is 2.18. The number of aliphatic hydroxyl groups is 4. The molecule has 0 fully saturated rings. The second kappa shape index (κ2) is 5.30. The zero-order valence-electron chi connectivity index (χ0n) is 4.17. The minimum Gasteiger partial charge on any atom is -0.358 e. The second-order valence-corrected chi connectivity index (χ2v) is 2.69. The number of hydrogen-bond acceptors (Lipinski definition) is 7. The van der Waals surface area contributed by atoms with Gasteiger partial charge >= 0.3 is 0 Å². The SMILES string of the molecule is OC(O)SOSC(O)O. The standard InChI is InChI=1S/C2H6O5S2/c3-1(4)8-7-9-2(5)6/h1-6H. The predicted octanol–water partition coefficient (Wildman–Crippen LogP) is -1.16. The van der Waals surface area contributed by atoms with Crippen LogP contribution in [0.15, 0.2) is 0 Å². The van der Waals surface area contributed by atoms with Crippen LogP contribution in [-0.4, -0.2) is 31.7 Å². The molecule has 56 valence electrons. The summed E-state index contributed by atoms with van der Waals surface area (Å²) >= 11 is 0.627. The van der Waals surface area contributed by atoms with Gasteiger partial charge < -0.3 is 20.4 Å². The Balaban J connectivity index is 2.91. The average molecular weight is 174 g/mol. The number of aliphatic hydroxyl groups excluding tert-OH is 2. The molecule has 0 spiro atoms. The smallest absolute Gasteiger partial charge is 0.229 e. The van der Waals surface area contributed by atoms with Crippen LogP contribution < -0.4 is 0 Å². The molecule has 4 N–H and O–H groups in total. The Morgan fingerprint density at radius 3 is 1.44 bits per heavy atom. The first-order valence-corrected chi connectivity index (χ1v) is 3.45. The third kappa shape index (κ3) is 8.50. The van der Waals surface area contributed by atoms with Crippen LogP contribution in [0.25, 0.3) is 0 Å². The summed E-state index contributed by atoms with van der Waals surface area (Å²) in [6, 6.07) is 0. The van der Waals surface area contributed by atoms with Crippen molar-refractivity contribution in [3.05, 3.63) is 0 Å². The average Bonchev–Trinajstić information content (AvgIpc) is 1.63. The summed E-state index contributed by atoms with van der Waals surface area (Å²) in [6.45, 7) is 0. The van der Waals surface area contributed by atoms with Crippen molar-refractivity contribution in [1.29, 1.82) is 0 Å². The first-order chi connectivity index (χ1) is 4.13. The summed E-state index contributed by atoms with van der Waals surface area (Å²) < 4.78 is 4.19. The van der Waals surface area contributed by atoms with E-state index >= 15 is 0 Å². The van der Waals surface area contributed by atoms with E-state index in [0.717, 1.165) is 0 Å². The van der Waals surface area contributed by atoms with Gasteiger partial charge in [0, 0.05) is 0 Å². The van der Waals surface area contributed by atoms with E-state index in [2.05, 4.69) is 3.63 Å². The van der Waals surface area contributed by atoms with E-state index < -0.39 is 11.2 Å². The van der Waals surface area contributed by atoms with Crippen molar-refractivity contribution in [2.24, 2.45) is 0 Å². The molecule has 0 bridgehead atoms. The monoisotopic (exact) mass is 174 g/mol. The maximum absolute atomic E-state index is 8.08. The highest BCUT2D eigenvalue weighted by Gasteiger charge is 2.02. The molecule has 9 heavy (non-hydrogen) atoms. The number of rotatable bonds is 4. The molecule has 0 saturated carbocycles. The molecular weight excluding hydrogens is 168 g/mol. The molecule has 0 unspecified atom stereocenters. The first-order valence-electron chi connectivity index (χ1n) is 1.84. The molecule has 0 aromatic carbocycles. The van der Waals surface area contributed by atoms with Gasteiger partial charge in [-0.2, -0.15) is 0 Å². The maximum Gasteiger partial charge on any atom is 0.229 e. The lowest BCUT2D eigenvalue weighted by molar-refractivity contribution is 0.0326. The topological polar surface area (TPSA) is 90.2 Å². The molecule has 0 aromatic rings. The van der Waals surface area contributed by atoms with E-state index in [1.54, 1.807) is 0 Å². The summed E-state index contributed by atoms with van der Waals surface area (Å²) in [5.41, 5.74) is -3.31. The van der Waals surface area contributed by atoms with Gasteiger partial charge in [0.1, 0.15) is 0 Å². The van der Waals surface area contributed by atoms with Crippen LogP contribution in [0.2, 0.25) is 0 Å². The molecule has 0 saturated heterocycles.